The molecule has 0 bridgehead atoms. The van der Waals surface area contributed by atoms with Gasteiger partial charge in [-0.3, -0.25) is 18.7 Å². The highest BCUT2D eigenvalue weighted by Gasteiger charge is 2.48. The molecule has 1 unspecified atom stereocenters. The lowest BCUT2D eigenvalue weighted by molar-refractivity contribution is -0.0908. The van der Waals surface area contributed by atoms with Crippen LogP contribution in [0.5, 0.6) is 11.5 Å². The summed E-state index contributed by atoms with van der Waals surface area (Å²) in [5.74, 6) is 1.22. The van der Waals surface area contributed by atoms with Crippen LogP contribution in [-0.4, -0.2) is 118 Å². The number of carbonyl (C=O) groups excluding carboxylic acids is 2. The van der Waals surface area contributed by atoms with E-state index in [9.17, 15) is 9.59 Å². The molecule has 2 N–H and O–H groups in total. The molecule has 23 heteroatoms. The summed E-state index contributed by atoms with van der Waals surface area (Å²) in [6, 6.07) is 43.4. The van der Waals surface area contributed by atoms with E-state index in [2.05, 4.69) is 69.4 Å². The van der Waals surface area contributed by atoms with Gasteiger partial charge in [0.25, 0.3) is 11.8 Å². The number of aromatic nitrogens is 8. The molecule has 85 heavy (non-hydrogen) atoms. The lowest BCUT2D eigenvalue weighted by atomic mass is 9.80. The SMILES string of the molecule is COc1ccc(C(OC[C@H]2O[C@@H](n3cnc4c(NC(=O)c5ccccc5)ncnc43)C[C@@H]2OP(C)(=S)OC[C@H]2O[C@@H](n3cnc4c(NC(=O)c5ccccc5)ncnc43)C[C@@H]2O[Si](C)(C)C(C)(C)C)(c2ccccc2)c2ccc(OC)cc2)cc1. The zero-order chi connectivity index (χ0) is 59.5. The minimum Gasteiger partial charge on any atom is -0.497 e. The molecule has 440 valence electrons. The maximum atomic E-state index is 13.4. The first-order chi connectivity index (χ1) is 40.9. The molecule has 0 radical (unpaired) electrons. The average molecular weight is 1200 g/mol. The number of nitrogens with zero attached hydrogens (tertiary/aromatic N) is 8. The quantitative estimate of drug-likeness (QED) is 0.0388. The van der Waals surface area contributed by atoms with Crippen LogP contribution in [0.4, 0.5) is 11.6 Å². The third-order valence-corrected chi connectivity index (χ3v) is 22.3. The van der Waals surface area contributed by atoms with Crippen LogP contribution in [0.3, 0.4) is 0 Å². The van der Waals surface area contributed by atoms with E-state index in [0.29, 0.717) is 51.4 Å². The molecule has 2 saturated heterocycles. The summed E-state index contributed by atoms with van der Waals surface area (Å²) in [4.78, 5) is 54.1. The standard InChI is InChI=1S/C62H67N10O10PSSi/c1-61(2,3)85(7,8)82-48-33-52(72-39-68-54-56(64-37-66-58(54)72)70-60(74)41-20-14-10-15-21-41)80-50(48)35-78-83(6,84)81-47-32-51(71-38-67-53-55(63-36-65-57(53)71)69-59(73)40-18-12-9-13-19-40)79-49(47)34-77-62(42-22-16-11-17-23-42,43-24-28-45(75-4)29-25-43)44-26-30-46(76-5)31-27-44/h9-31,36-39,47-52H,32-35H2,1-8H3,(H,63,65,69,73)(H,64,66,70,74)/t47-,48-,49+,50+,51+,52+,83?/m0/s1. The minimum absolute atomic E-state index is 0.000634. The molecule has 2 aliphatic heterocycles. The zero-order valence-corrected chi connectivity index (χ0v) is 51.1. The third kappa shape index (κ3) is 12.6. The first-order valence-electron chi connectivity index (χ1n) is 27.9. The van der Waals surface area contributed by atoms with Crippen molar-refractivity contribution < 1.29 is 46.7 Å². The number of nitrogens with one attached hydrogen (secondary N) is 2. The Labute approximate surface area is 498 Å². The van der Waals surface area contributed by atoms with Gasteiger partial charge in [-0.2, -0.15) is 0 Å². The Hall–Kier alpha value is -7.63. The molecule has 0 aliphatic carbocycles. The summed E-state index contributed by atoms with van der Waals surface area (Å²) in [7, 11) is 0.862. The number of carbonyl (C=O) groups is 2. The van der Waals surface area contributed by atoms with Gasteiger partial charge in [-0.25, -0.2) is 29.9 Å². The molecule has 2 fully saturated rings. The third-order valence-electron chi connectivity index (χ3n) is 15.9. The van der Waals surface area contributed by atoms with Crippen LogP contribution >= 0.6 is 6.49 Å². The largest absolute Gasteiger partial charge is 0.497 e. The van der Waals surface area contributed by atoms with E-state index in [-0.39, 0.29) is 48.1 Å². The van der Waals surface area contributed by atoms with Crippen molar-refractivity contribution in [1.29, 1.82) is 0 Å². The summed E-state index contributed by atoms with van der Waals surface area (Å²) >= 11 is 6.39. The number of anilines is 2. The van der Waals surface area contributed by atoms with Crippen molar-refractivity contribution >= 4 is 72.4 Å². The van der Waals surface area contributed by atoms with Gasteiger partial charge < -0.3 is 47.8 Å². The molecular formula is C62H67N10O10PSSi. The van der Waals surface area contributed by atoms with Crippen LogP contribution in [-0.2, 0) is 45.1 Å². The highest BCUT2D eigenvalue weighted by atomic mass is 32.5. The van der Waals surface area contributed by atoms with E-state index in [1.54, 1.807) is 82.1 Å². The van der Waals surface area contributed by atoms with Gasteiger partial charge in [-0.1, -0.05) is 112 Å². The lowest BCUT2D eigenvalue weighted by Crippen LogP contribution is -2.46. The van der Waals surface area contributed by atoms with E-state index >= 15 is 0 Å². The monoisotopic (exact) mass is 1200 g/mol. The van der Waals surface area contributed by atoms with E-state index in [0.717, 1.165) is 16.7 Å². The van der Waals surface area contributed by atoms with Crippen LogP contribution in [0.2, 0.25) is 18.1 Å². The summed E-state index contributed by atoms with van der Waals surface area (Å²) in [5.41, 5.74) is 3.95. The van der Waals surface area contributed by atoms with Gasteiger partial charge in [-0.05, 0) is 95.2 Å². The van der Waals surface area contributed by atoms with E-state index < -0.39 is 57.3 Å². The summed E-state index contributed by atoms with van der Waals surface area (Å²) in [6.45, 7) is 9.64. The number of methoxy groups -OCH3 is 2. The normalized spacial score (nSPS) is 19.9. The predicted octanol–water partition coefficient (Wildman–Crippen LogP) is 11.5. The van der Waals surface area contributed by atoms with Crippen molar-refractivity contribution in [1.82, 2.24) is 39.0 Å². The highest BCUT2D eigenvalue weighted by molar-refractivity contribution is 8.09. The molecule has 2 amide bonds. The van der Waals surface area contributed by atoms with E-state index in [1.807, 2.05) is 100 Å². The topological polar surface area (TPSA) is 219 Å². The molecule has 6 heterocycles. The van der Waals surface area contributed by atoms with Crippen molar-refractivity contribution in [2.75, 3.05) is 44.7 Å². The lowest BCUT2D eigenvalue weighted by Gasteiger charge is -2.39. The number of fused-ring (bicyclic) bond motifs is 2. The number of rotatable bonds is 21. The molecule has 7 atom stereocenters. The molecule has 5 aromatic carbocycles. The molecule has 11 rings (SSSR count). The zero-order valence-electron chi connectivity index (χ0n) is 48.4. The van der Waals surface area contributed by atoms with Gasteiger partial charge in [0.15, 0.2) is 48.8 Å². The Morgan fingerprint density at radius 1 is 0.612 bits per heavy atom. The van der Waals surface area contributed by atoms with Crippen molar-refractivity contribution in [3.05, 3.63) is 193 Å². The predicted molar refractivity (Wildman–Crippen MR) is 328 cm³/mol. The Bertz CT molecular complexity index is 3790. The maximum absolute atomic E-state index is 13.4. The molecule has 0 spiro atoms. The minimum atomic E-state index is -3.20. The van der Waals surface area contributed by atoms with Gasteiger partial charge >= 0.3 is 0 Å². The van der Waals surface area contributed by atoms with Crippen molar-refractivity contribution in [3.8, 4) is 11.5 Å². The molecular weight excluding hydrogens is 1140 g/mol. The van der Waals surface area contributed by atoms with Gasteiger partial charge in [0.1, 0.15) is 54.4 Å². The Kier molecular flexibility index (Phi) is 17.2. The van der Waals surface area contributed by atoms with Crippen LogP contribution < -0.4 is 20.1 Å². The van der Waals surface area contributed by atoms with Gasteiger partial charge in [0.05, 0.1) is 52.3 Å². The summed E-state index contributed by atoms with van der Waals surface area (Å²) < 4.78 is 57.4. The Morgan fingerprint density at radius 3 is 1.51 bits per heavy atom. The number of imidazole rings is 2. The smallest absolute Gasteiger partial charge is 0.256 e. The number of amides is 2. The van der Waals surface area contributed by atoms with Gasteiger partial charge in [-0.15, -0.1) is 0 Å². The Balaban J connectivity index is 0.899. The first-order valence-corrected chi connectivity index (χ1v) is 33.9. The number of ether oxygens (including phenoxy) is 5. The molecule has 2 aliphatic rings. The van der Waals surface area contributed by atoms with Gasteiger partial charge in [0.2, 0.25) is 0 Å². The summed E-state index contributed by atoms with van der Waals surface area (Å²) in [6.07, 6.45) is 3.00. The molecule has 0 saturated carbocycles. The van der Waals surface area contributed by atoms with Gasteiger partial charge in [0, 0.05) is 30.6 Å². The second-order valence-electron chi connectivity index (χ2n) is 22.4. The molecule has 9 aromatic rings. The fraction of sp³-hybridized carbons (Fsp3) is 0.323. The van der Waals surface area contributed by atoms with Crippen LogP contribution in [0, 0.1) is 0 Å². The summed E-state index contributed by atoms with van der Waals surface area (Å²) in [5, 5.41) is 5.68. The maximum Gasteiger partial charge on any atom is 0.256 e. The number of hydrogen-bond acceptors (Lipinski definition) is 17. The molecule has 20 nitrogen and oxygen atoms in total. The highest BCUT2D eigenvalue weighted by Crippen LogP contribution is 2.52. The van der Waals surface area contributed by atoms with E-state index in [4.69, 9.17) is 53.9 Å². The second kappa shape index (κ2) is 24.8. The van der Waals surface area contributed by atoms with Crippen molar-refractivity contribution in [2.24, 2.45) is 0 Å². The van der Waals surface area contributed by atoms with Crippen LogP contribution in [0.15, 0.2) is 165 Å². The van der Waals surface area contributed by atoms with Crippen LogP contribution in [0.25, 0.3) is 22.3 Å². The fourth-order valence-corrected chi connectivity index (χ4v) is 13.5. The van der Waals surface area contributed by atoms with Crippen LogP contribution in [0.1, 0.15) is 83.5 Å². The number of benzene rings is 5. The number of hydrogen-bond donors (Lipinski definition) is 2. The Morgan fingerprint density at radius 2 is 1.05 bits per heavy atom. The first kappa shape index (κ1) is 59.1. The fourth-order valence-electron chi connectivity index (χ4n) is 10.4. The average Bonchev–Trinajstić information content (AvgIpc) is 2.34. The second-order valence-corrected chi connectivity index (χ2v) is 31.2. The molecule has 4 aromatic heterocycles. The van der Waals surface area contributed by atoms with Crippen molar-refractivity contribution in [3.63, 3.8) is 0 Å². The van der Waals surface area contributed by atoms with Crippen molar-refractivity contribution in [2.45, 2.75) is 94.2 Å². The van der Waals surface area contributed by atoms with E-state index in [1.165, 1.54) is 12.7 Å².